The molecular formula is C17H28N2O. The molecule has 0 aromatic heterocycles. The summed E-state index contributed by atoms with van der Waals surface area (Å²) in [6, 6.07) is 8.96. The summed E-state index contributed by atoms with van der Waals surface area (Å²) in [6.45, 7) is 10.9. The van der Waals surface area contributed by atoms with Gasteiger partial charge in [-0.25, -0.2) is 0 Å². The maximum absolute atomic E-state index is 10.2. The van der Waals surface area contributed by atoms with Crippen molar-refractivity contribution in [3.63, 3.8) is 0 Å². The molecule has 0 amide bonds. The summed E-state index contributed by atoms with van der Waals surface area (Å²) in [5, 5.41) is 10.2. The lowest BCUT2D eigenvalue weighted by Crippen LogP contribution is -2.37. The summed E-state index contributed by atoms with van der Waals surface area (Å²) >= 11 is 0. The van der Waals surface area contributed by atoms with E-state index in [4.69, 9.17) is 0 Å². The number of benzene rings is 1. The Bertz CT molecular complexity index is 417. The van der Waals surface area contributed by atoms with E-state index in [9.17, 15) is 5.11 Å². The van der Waals surface area contributed by atoms with Crippen molar-refractivity contribution >= 4 is 5.69 Å². The number of hydrogen-bond acceptors (Lipinski definition) is 3. The summed E-state index contributed by atoms with van der Waals surface area (Å²) in [5.74, 6) is 0. The monoisotopic (exact) mass is 276 g/mol. The summed E-state index contributed by atoms with van der Waals surface area (Å²) in [4.78, 5) is 4.98. The molecule has 112 valence electrons. The topological polar surface area (TPSA) is 26.7 Å². The van der Waals surface area contributed by atoms with Gasteiger partial charge in [0.25, 0.3) is 0 Å². The minimum atomic E-state index is -0.348. The van der Waals surface area contributed by atoms with Crippen LogP contribution in [0, 0.1) is 0 Å². The van der Waals surface area contributed by atoms with E-state index in [1.807, 2.05) is 13.0 Å². The molecule has 1 fully saturated rings. The van der Waals surface area contributed by atoms with Crippen molar-refractivity contribution in [3.05, 3.63) is 29.8 Å². The van der Waals surface area contributed by atoms with Crippen LogP contribution in [0.3, 0.4) is 0 Å². The van der Waals surface area contributed by atoms with Gasteiger partial charge >= 0.3 is 0 Å². The molecule has 1 saturated heterocycles. The van der Waals surface area contributed by atoms with E-state index in [0.717, 1.165) is 38.2 Å². The third kappa shape index (κ3) is 3.15. The van der Waals surface area contributed by atoms with E-state index in [1.54, 1.807) is 0 Å². The molecule has 0 radical (unpaired) electrons. The zero-order chi connectivity index (χ0) is 14.5. The summed E-state index contributed by atoms with van der Waals surface area (Å²) in [5.41, 5.74) is 2.30. The molecule has 1 unspecified atom stereocenters. The average Bonchev–Trinajstić information content (AvgIpc) is 2.97. The van der Waals surface area contributed by atoms with Crippen LogP contribution in [0.1, 0.15) is 45.3 Å². The van der Waals surface area contributed by atoms with Gasteiger partial charge in [0.1, 0.15) is 0 Å². The van der Waals surface area contributed by atoms with Gasteiger partial charge in [-0.05, 0) is 32.0 Å². The first-order valence-electron chi connectivity index (χ1n) is 7.97. The van der Waals surface area contributed by atoms with E-state index < -0.39 is 0 Å². The minimum Gasteiger partial charge on any atom is -0.388 e. The highest BCUT2D eigenvalue weighted by Gasteiger charge is 2.28. The molecular weight excluding hydrogens is 248 g/mol. The largest absolute Gasteiger partial charge is 0.388 e. The summed E-state index contributed by atoms with van der Waals surface area (Å²) < 4.78 is 0. The Hall–Kier alpha value is -1.06. The molecule has 20 heavy (non-hydrogen) atoms. The van der Waals surface area contributed by atoms with Gasteiger partial charge in [0.15, 0.2) is 0 Å². The van der Waals surface area contributed by atoms with Crippen LogP contribution in [-0.4, -0.2) is 42.2 Å². The van der Waals surface area contributed by atoms with E-state index in [2.05, 4.69) is 41.8 Å². The average molecular weight is 276 g/mol. The number of nitrogens with zero attached hydrogens (tertiary/aromatic N) is 2. The summed E-state index contributed by atoms with van der Waals surface area (Å²) in [7, 11) is 0. The van der Waals surface area contributed by atoms with Gasteiger partial charge in [0.2, 0.25) is 0 Å². The number of aliphatic hydroxyl groups is 1. The van der Waals surface area contributed by atoms with Crippen molar-refractivity contribution in [1.29, 1.82) is 0 Å². The predicted molar refractivity (Wildman–Crippen MR) is 85.2 cm³/mol. The fraction of sp³-hybridized carbons (Fsp3) is 0.647. The lowest BCUT2D eigenvalue weighted by Gasteiger charge is -2.28. The highest BCUT2D eigenvalue weighted by Crippen LogP contribution is 2.31. The SMILES string of the molecule is CC[C@H](O)c1ccccc1N1CCC(N(CC)CC)C1. The Labute approximate surface area is 123 Å². The van der Waals surface area contributed by atoms with Crippen LogP contribution < -0.4 is 4.90 Å². The molecule has 2 rings (SSSR count). The van der Waals surface area contributed by atoms with Crippen LogP contribution in [0.25, 0.3) is 0 Å². The minimum absolute atomic E-state index is 0.348. The Balaban J connectivity index is 2.14. The molecule has 3 heteroatoms. The molecule has 2 atom stereocenters. The highest BCUT2D eigenvalue weighted by molar-refractivity contribution is 5.55. The van der Waals surface area contributed by atoms with Gasteiger partial charge in [-0.15, -0.1) is 0 Å². The molecule has 1 heterocycles. The first-order chi connectivity index (χ1) is 9.71. The number of hydrogen-bond donors (Lipinski definition) is 1. The van der Waals surface area contributed by atoms with Crippen LogP contribution in [0.5, 0.6) is 0 Å². The van der Waals surface area contributed by atoms with Crippen molar-refractivity contribution in [2.24, 2.45) is 0 Å². The molecule has 0 bridgehead atoms. The zero-order valence-corrected chi connectivity index (χ0v) is 13.0. The van der Waals surface area contributed by atoms with Crippen molar-refractivity contribution < 1.29 is 5.11 Å². The van der Waals surface area contributed by atoms with Gasteiger partial charge in [0, 0.05) is 30.4 Å². The standard InChI is InChI=1S/C17H28N2O/c1-4-17(20)15-9-7-8-10-16(15)19-12-11-14(13-19)18(5-2)6-3/h7-10,14,17,20H,4-6,11-13H2,1-3H3/t14?,17-/m0/s1. The number of rotatable bonds is 6. The van der Waals surface area contributed by atoms with Crippen LogP contribution >= 0.6 is 0 Å². The lowest BCUT2D eigenvalue weighted by molar-refractivity contribution is 0.174. The van der Waals surface area contributed by atoms with Gasteiger partial charge in [-0.2, -0.15) is 0 Å². The second-order valence-corrected chi connectivity index (χ2v) is 5.59. The van der Waals surface area contributed by atoms with Crippen LogP contribution in [-0.2, 0) is 0 Å². The maximum atomic E-state index is 10.2. The molecule has 1 aliphatic heterocycles. The van der Waals surface area contributed by atoms with E-state index in [1.165, 1.54) is 12.1 Å². The van der Waals surface area contributed by atoms with Crippen molar-refractivity contribution in [2.75, 3.05) is 31.1 Å². The smallest absolute Gasteiger partial charge is 0.0807 e. The summed E-state index contributed by atoms with van der Waals surface area (Å²) in [6.07, 6.45) is 1.64. The Morgan fingerprint density at radius 2 is 1.95 bits per heavy atom. The highest BCUT2D eigenvalue weighted by atomic mass is 16.3. The third-order valence-electron chi connectivity index (χ3n) is 4.52. The van der Waals surface area contributed by atoms with Crippen LogP contribution in [0.15, 0.2) is 24.3 Å². The zero-order valence-electron chi connectivity index (χ0n) is 13.0. The number of anilines is 1. The Morgan fingerprint density at radius 3 is 2.60 bits per heavy atom. The number of aliphatic hydroxyl groups excluding tert-OH is 1. The second kappa shape index (κ2) is 7.09. The van der Waals surface area contributed by atoms with Crippen molar-refractivity contribution in [1.82, 2.24) is 4.90 Å². The van der Waals surface area contributed by atoms with Gasteiger partial charge < -0.3 is 10.0 Å². The number of para-hydroxylation sites is 1. The fourth-order valence-corrected chi connectivity index (χ4v) is 3.28. The predicted octanol–water partition coefficient (Wildman–Crippen LogP) is 3.05. The molecule has 1 aromatic rings. The van der Waals surface area contributed by atoms with E-state index >= 15 is 0 Å². The quantitative estimate of drug-likeness (QED) is 0.865. The lowest BCUT2D eigenvalue weighted by atomic mass is 10.0. The first kappa shape index (κ1) is 15.3. The molecule has 0 spiro atoms. The second-order valence-electron chi connectivity index (χ2n) is 5.59. The Morgan fingerprint density at radius 1 is 1.25 bits per heavy atom. The molecule has 1 aliphatic rings. The fourth-order valence-electron chi connectivity index (χ4n) is 3.28. The van der Waals surface area contributed by atoms with Crippen LogP contribution in [0.4, 0.5) is 5.69 Å². The van der Waals surface area contributed by atoms with Gasteiger partial charge in [0.05, 0.1) is 6.10 Å². The van der Waals surface area contributed by atoms with Crippen molar-refractivity contribution in [3.8, 4) is 0 Å². The third-order valence-corrected chi connectivity index (χ3v) is 4.52. The molecule has 0 saturated carbocycles. The van der Waals surface area contributed by atoms with E-state index in [-0.39, 0.29) is 6.10 Å². The van der Waals surface area contributed by atoms with Gasteiger partial charge in [-0.1, -0.05) is 39.0 Å². The first-order valence-corrected chi connectivity index (χ1v) is 7.97. The maximum Gasteiger partial charge on any atom is 0.0807 e. The molecule has 3 nitrogen and oxygen atoms in total. The van der Waals surface area contributed by atoms with E-state index in [0.29, 0.717) is 6.04 Å². The molecule has 1 N–H and O–H groups in total. The van der Waals surface area contributed by atoms with Crippen LogP contribution in [0.2, 0.25) is 0 Å². The normalized spacial score (nSPS) is 20.6. The number of likely N-dealkylation sites (N-methyl/N-ethyl adjacent to an activating group) is 1. The Kier molecular flexibility index (Phi) is 5.44. The van der Waals surface area contributed by atoms with Gasteiger partial charge in [-0.3, -0.25) is 4.90 Å². The molecule has 1 aromatic carbocycles. The van der Waals surface area contributed by atoms with Crippen molar-refractivity contribution in [2.45, 2.75) is 45.8 Å². The molecule has 0 aliphatic carbocycles.